The Morgan fingerprint density at radius 3 is 2.70 bits per heavy atom. The Labute approximate surface area is 170 Å². The molecule has 160 valence electrons. The number of hydrogen-bond donors (Lipinski definition) is 2. The second-order valence-corrected chi connectivity index (χ2v) is 8.07. The molecule has 0 bridgehead atoms. The van der Waals surface area contributed by atoms with Gasteiger partial charge in [0.25, 0.3) is 0 Å². The molecule has 2 aliphatic rings. The van der Waals surface area contributed by atoms with Crippen molar-refractivity contribution >= 4 is 28.3 Å². The summed E-state index contributed by atoms with van der Waals surface area (Å²) >= 11 is 0. The summed E-state index contributed by atoms with van der Waals surface area (Å²) in [5.41, 5.74) is 4.02. The number of anilines is 1. The number of hydrogen-bond acceptors (Lipinski definition) is 6. The fourth-order valence-electron chi connectivity index (χ4n) is 4.04. The van der Waals surface area contributed by atoms with Crippen molar-refractivity contribution in [3.63, 3.8) is 0 Å². The number of carboxylic acids is 1. The summed E-state index contributed by atoms with van der Waals surface area (Å²) in [5.74, 6) is -3.27. The fraction of sp³-hybridized carbons (Fsp3) is 0.450. The van der Waals surface area contributed by atoms with Gasteiger partial charge >= 0.3 is 5.97 Å². The van der Waals surface area contributed by atoms with E-state index >= 15 is 8.78 Å². The second kappa shape index (κ2) is 7.05. The molecule has 1 aromatic carbocycles. The third-order valence-corrected chi connectivity index (χ3v) is 5.90. The zero-order valence-electron chi connectivity index (χ0n) is 16.6. The highest BCUT2D eigenvalue weighted by atomic mass is 19.1. The second-order valence-electron chi connectivity index (χ2n) is 8.07. The maximum Gasteiger partial charge on any atom is 0.341 e. The van der Waals surface area contributed by atoms with E-state index in [0.29, 0.717) is 5.71 Å². The van der Waals surface area contributed by atoms with Crippen LogP contribution in [0, 0.1) is 17.0 Å². The van der Waals surface area contributed by atoms with E-state index in [1.165, 1.54) is 16.6 Å². The van der Waals surface area contributed by atoms with Gasteiger partial charge in [0.1, 0.15) is 24.2 Å². The monoisotopic (exact) mass is 420 g/mol. The Morgan fingerprint density at radius 1 is 1.43 bits per heavy atom. The average Bonchev–Trinajstić information content (AvgIpc) is 3.48. The number of halogens is 2. The lowest BCUT2D eigenvalue weighted by molar-refractivity contribution is 0.0694. The number of nitrogens with zero attached hydrogens (tertiary/aromatic N) is 3. The van der Waals surface area contributed by atoms with Crippen molar-refractivity contribution < 1.29 is 23.5 Å². The van der Waals surface area contributed by atoms with E-state index in [9.17, 15) is 14.7 Å². The number of nitrogens with two attached hydrogens (primary N) is 1. The van der Waals surface area contributed by atoms with Gasteiger partial charge in [-0.25, -0.2) is 13.6 Å². The van der Waals surface area contributed by atoms with Crippen LogP contribution in [0.2, 0.25) is 0 Å². The molecule has 2 aromatic rings. The molecule has 1 atom stereocenters. The molecule has 1 saturated heterocycles. The van der Waals surface area contributed by atoms with Crippen LogP contribution in [0.3, 0.4) is 0 Å². The number of fused-ring (bicyclic) bond motifs is 1. The Morgan fingerprint density at radius 2 is 2.13 bits per heavy atom. The molecule has 4 rings (SSSR count). The fourth-order valence-corrected chi connectivity index (χ4v) is 4.04. The van der Waals surface area contributed by atoms with Gasteiger partial charge in [-0.2, -0.15) is 0 Å². The van der Waals surface area contributed by atoms with Crippen LogP contribution in [-0.2, 0) is 4.84 Å². The van der Waals surface area contributed by atoms with Crippen molar-refractivity contribution in [1.82, 2.24) is 4.57 Å². The molecule has 10 heteroatoms. The molecule has 3 N–H and O–H groups in total. The van der Waals surface area contributed by atoms with Crippen molar-refractivity contribution in [3.05, 3.63) is 39.7 Å². The standard InChI is InChI=1S/C20H22F2N4O4/c1-20(8-23)9-25(7-14(20)24-30-2)17-13(21)5-11-16(15(17)22)26(10-3-4-10)6-12(18(11)27)19(28)29/h5-6,10H,3-4,7-9,23H2,1-2H3,(H,28,29)/b24-14+. The average molecular weight is 420 g/mol. The first kappa shape index (κ1) is 20.3. The van der Waals surface area contributed by atoms with Gasteiger partial charge in [0, 0.05) is 30.7 Å². The molecule has 1 aliphatic heterocycles. The van der Waals surface area contributed by atoms with E-state index in [1.807, 2.05) is 6.92 Å². The van der Waals surface area contributed by atoms with E-state index in [-0.39, 0.29) is 42.3 Å². The predicted octanol–water partition coefficient (Wildman–Crippen LogP) is 2.10. The molecule has 2 heterocycles. The van der Waals surface area contributed by atoms with E-state index in [4.69, 9.17) is 10.6 Å². The molecule has 30 heavy (non-hydrogen) atoms. The minimum Gasteiger partial charge on any atom is -0.477 e. The zero-order chi connectivity index (χ0) is 21.8. The van der Waals surface area contributed by atoms with Gasteiger partial charge in [0.15, 0.2) is 5.82 Å². The number of benzene rings is 1. The third-order valence-electron chi connectivity index (χ3n) is 5.90. The largest absolute Gasteiger partial charge is 0.477 e. The van der Waals surface area contributed by atoms with Gasteiger partial charge in [-0.05, 0) is 18.9 Å². The summed E-state index contributed by atoms with van der Waals surface area (Å²) in [6.07, 6.45) is 2.60. The zero-order valence-corrected chi connectivity index (χ0v) is 16.6. The molecule has 1 aromatic heterocycles. The number of aromatic nitrogens is 1. The first-order valence-corrected chi connectivity index (χ1v) is 9.57. The van der Waals surface area contributed by atoms with E-state index in [1.54, 1.807) is 0 Å². The van der Waals surface area contributed by atoms with Crippen molar-refractivity contribution in [1.29, 1.82) is 0 Å². The summed E-state index contributed by atoms with van der Waals surface area (Å²) in [4.78, 5) is 30.4. The van der Waals surface area contributed by atoms with Crippen molar-refractivity contribution in [3.8, 4) is 0 Å². The van der Waals surface area contributed by atoms with Crippen LogP contribution in [0.1, 0.15) is 36.2 Å². The van der Waals surface area contributed by atoms with Gasteiger partial charge in [0.05, 0.1) is 23.2 Å². The van der Waals surface area contributed by atoms with Crippen LogP contribution < -0.4 is 16.1 Å². The Balaban J connectivity index is 1.94. The van der Waals surface area contributed by atoms with E-state index < -0.39 is 34.0 Å². The third kappa shape index (κ3) is 3.02. The minimum absolute atomic E-state index is 0.0875. The normalized spacial score (nSPS) is 22.8. The SMILES string of the molecule is CO/N=C1\CN(c2c(F)cc3c(=O)c(C(=O)O)cn(C4CC4)c3c2F)CC1(C)CN. The van der Waals surface area contributed by atoms with Crippen molar-refractivity contribution in [2.75, 3.05) is 31.6 Å². The first-order chi connectivity index (χ1) is 14.2. The minimum atomic E-state index is -1.43. The lowest BCUT2D eigenvalue weighted by Crippen LogP contribution is -2.36. The van der Waals surface area contributed by atoms with Crippen LogP contribution in [0.5, 0.6) is 0 Å². The van der Waals surface area contributed by atoms with Crippen molar-refractivity contribution in [2.45, 2.75) is 25.8 Å². The molecule has 0 radical (unpaired) electrons. The lowest BCUT2D eigenvalue weighted by atomic mass is 9.88. The van der Waals surface area contributed by atoms with E-state index in [0.717, 1.165) is 25.1 Å². The van der Waals surface area contributed by atoms with Crippen LogP contribution in [0.4, 0.5) is 14.5 Å². The van der Waals surface area contributed by atoms with Gasteiger partial charge < -0.3 is 25.1 Å². The quantitative estimate of drug-likeness (QED) is 0.717. The molecule has 1 saturated carbocycles. The van der Waals surface area contributed by atoms with Gasteiger partial charge in [-0.1, -0.05) is 12.1 Å². The number of oxime groups is 1. The number of carbonyl (C=O) groups is 1. The van der Waals surface area contributed by atoms with E-state index in [2.05, 4.69) is 5.16 Å². The Kier molecular flexibility index (Phi) is 4.76. The van der Waals surface area contributed by atoms with Gasteiger partial charge in [0.2, 0.25) is 5.43 Å². The Hall–Kier alpha value is -3.01. The van der Waals surface area contributed by atoms with Crippen LogP contribution in [-0.4, -0.2) is 48.1 Å². The molecule has 1 aliphatic carbocycles. The first-order valence-electron chi connectivity index (χ1n) is 9.57. The highest BCUT2D eigenvalue weighted by Gasteiger charge is 2.42. The summed E-state index contributed by atoms with van der Waals surface area (Å²) in [6, 6.07) is 0.796. The maximum atomic E-state index is 15.7. The molecule has 0 amide bonds. The summed E-state index contributed by atoms with van der Waals surface area (Å²) in [6.45, 7) is 2.37. The number of rotatable bonds is 5. The topological polar surface area (TPSA) is 110 Å². The molecule has 0 spiro atoms. The lowest BCUT2D eigenvalue weighted by Gasteiger charge is -2.25. The molecular weight excluding hydrogens is 398 g/mol. The summed E-state index contributed by atoms with van der Waals surface area (Å²) in [7, 11) is 1.39. The van der Waals surface area contributed by atoms with Gasteiger partial charge in [-0.3, -0.25) is 4.79 Å². The smallest absolute Gasteiger partial charge is 0.341 e. The molecular formula is C20H22F2N4O4. The molecule has 1 unspecified atom stereocenters. The van der Waals surface area contributed by atoms with Crippen LogP contribution in [0.15, 0.2) is 22.2 Å². The van der Waals surface area contributed by atoms with Crippen LogP contribution >= 0.6 is 0 Å². The highest BCUT2D eigenvalue weighted by molar-refractivity contribution is 5.98. The summed E-state index contributed by atoms with van der Waals surface area (Å²) in [5, 5.41) is 13.0. The molecule has 2 fully saturated rings. The number of pyridine rings is 1. The van der Waals surface area contributed by atoms with Gasteiger partial charge in [-0.15, -0.1) is 0 Å². The van der Waals surface area contributed by atoms with Crippen LogP contribution in [0.25, 0.3) is 10.9 Å². The number of carboxylic acid groups (broad SMARTS) is 1. The highest BCUT2D eigenvalue weighted by Crippen LogP contribution is 2.41. The number of aromatic carboxylic acids is 1. The maximum absolute atomic E-state index is 15.7. The Bertz CT molecular complexity index is 1140. The summed E-state index contributed by atoms with van der Waals surface area (Å²) < 4.78 is 32.2. The predicted molar refractivity (Wildman–Crippen MR) is 107 cm³/mol. The van der Waals surface area contributed by atoms with Crippen molar-refractivity contribution in [2.24, 2.45) is 16.3 Å². The molecule has 8 nitrogen and oxygen atoms in total.